The highest BCUT2D eigenvalue weighted by molar-refractivity contribution is 5.73. The Morgan fingerprint density at radius 1 is 1.71 bits per heavy atom. The first-order valence-electron chi connectivity index (χ1n) is 5.65. The van der Waals surface area contributed by atoms with Crippen LogP contribution < -0.4 is 0 Å². The Bertz CT molecular complexity index is 404. The molecule has 0 saturated carbocycles. The van der Waals surface area contributed by atoms with Crippen molar-refractivity contribution in [2.75, 3.05) is 19.8 Å². The molecule has 2 rings (SSSR count). The second-order valence-corrected chi connectivity index (χ2v) is 4.22. The first kappa shape index (κ1) is 12.1. The van der Waals surface area contributed by atoms with E-state index in [1.807, 2.05) is 24.9 Å². The lowest BCUT2D eigenvalue weighted by atomic mass is 10.1. The molecular formula is C11H17N3O3. The van der Waals surface area contributed by atoms with E-state index in [1.54, 1.807) is 10.9 Å². The number of rotatable bonds is 3. The summed E-state index contributed by atoms with van der Waals surface area (Å²) in [6, 6.07) is 1.36. The van der Waals surface area contributed by atoms with Gasteiger partial charge in [0.05, 0.1) is 18.9 Å². The van der Waals surface area contributed by atoms with Gasteiger partial charge in [0, 0.05) is 25.8 Å². The van der Waals surface area contributed by atoms with Crippen molar-refractivity contribution < 1.29 is 14.6 Å². The molecule has 0 aromatic carbocycles. The van der Waals surface area contributed by atoms with Gasteiger partial charge in [-0.1, -0.05) is 0 Å². The molecule has 1 N–H and O–H groups in total. The maximum Gasteiger partial charge on any atom is 0.323 e. The van der Waals surface area contributed by atoms with Crippen LogP contribution in [0.15, 0.2) is 12.3 Å². The molecule has 1 saturated heterocycles. The molecule has 0 amide bonds. The van der Waals surface area contributed by atoms with E-state index >= 15 is 0 Å². The topological polar surface area (TPSA) is 67.6 Å². The molecule has 2 heterocycles. The third-order valence-electron chi connectivity index (χ3n) is 3.24. The van der Waals surface area contributed by atoms with Crippen molar-refractivity contribution >= 4 is 5.97 Å². The standard InChI is InChI=1S/C11H17N3O3/c1-8(9-3-4-12-13(9)2)14-5-6-17-7-10(14)11(15)16/h3-4,8,10H,5-7H2,1-2H3,(H,15,16). The fraction of sp³-hybridized carbons (Fsp3) is 0.636. The van der Waals surface area contributed by atoms with Gasteiger partial charge in [-0.3, -0.25) is 14.4 Å². The van der Waals surface area contributed by atoms with Crippen molar-refractivity contribution in [3.63, 3.8) is 0 Å². The molecule has 6 nitrogen and oxygen atoms in total. The minimum absolute atomic E-state index is 0.0208. The molecule has 1 aliphatic heterocycles. The average molecular weight is 239 g/mol. The number of aliphatic carboxylic acids is 1. The summed E-state index contributed by atoms with van der Waals surface area (Å²) in [4.78, 5) is 13.1. The Labute approximate surface area is 99.8 Å². The van der Waals surface area contributed by atoms with Crippen molar-refractivity contribution in [3.8, 4) is 0 Å². The van der Waals surface area contributed by atoms with Crippen LogP contribution in [0.1, 0.15) is 18.7 Å². The van der Waals surface area contributed by atoms with Gasteiger partial charge < -0.3 is 9.84 Å². The summed E-state index contributed by atoms with van der Waals surface area (Å²) in [5.74, 6) is -0.835. The van der Waals surface area contributed by atoms with Crippen LogP contribution in [0.2, 0.25) is 0 Å². The van der Waals surface area contributed by atoms with E-state index in [0.29, 0.717) is 13.2 Å². The third-order valence-corrected chi connectivity index (χ3v) is 3.24. The molecular weight excluding hydrogens is 222 g/mol. The van der Waals surface area contributed by atoms with Crippen molar-refractivity contribution in [1.82, 2.24) is 14.7 Å². The summed E-state index contributed by atoms with van der Waals surface area (Å²) in [5, 5.41) is 13.3. The quantitative estimate of drug-likeness (QED) is 0.820. The third kappa shape index (κ3) is 2.32. The van der Waals surface area contributed by atoms with E-state index in [2.05, 4.69) is 5.10 Å². The maximum absolute atomic E-state index is 11.2. The lowest BCUT2D eigenvalue weighted by Gasteiger charge is -2.37. The van der Waals surface area contributed by atoms with Gasteiger partial charge in [0.25, 0.3) is 0 Å². The zero-order valence-electron chi connectivity index (χ0n) is 10.0. The van der Waals surface area contributed by atoms with Crippen molar-refractivity contribution in [2.24, 2.45) is 7.05 Å². The van der Waals surface area contributed by atoms with Gasteiger partial charge in [0.1, 0.15) is 6.04 Å². The highest BCUT2D eigenvalue weighted by atomic mass is 16.5. The van der Waals surface area contributed by atoms with Crippen LogP contribution in [0.3, 0.4) is 0 Å². The van der Waals surface area contributed by atoms with Crippen LogP contribution in [0.25, 0.3) is 0 Å². The second-order valence-electron chi connectivity index (χ2n) is 4.22. The van der Waals surface area contributed by atoms with E-state index < -0.39 is 12.0 Å². The molecule has 17 heavy (non-hydrogen) atoms. The highest BCUT2D eigenvalue weighted by Gasteiger charge is 2.33. The Hall–Kier alpha value is -1.40. The van der Waals surface area contributed by atoms with Crippen LogP contribution in [-0.4, -0.2) is 51.6 Å². The molecule has 1 aromatic heterocycles. The van der Waals surface area contributed by atoms with Crippen LogP contribution in [0, 0.1) is 0 Å². The Morgan fingerprint density at radius 2 is 2.47 bits per heavy atom. The Kier molecular flexibility index (Phi) is 3.44. The zero-order chi connectivity index (χ0) is 12.4. The second kappa shape index (κ2) is 4.85. The minimum Gasteiger partial charge on any atom is -0.480 e. The van der Waals surface area contributed by atoms with Gasteiger partial charge in [0.2, 0.25) is 0 Å². The van der Waals surface area contributed by atoms with Crippen LogP contribution in [-0.2, 0) is 16.6 Å². The smallest absolute Gasteiger partial charge is 0.323 e. The van der Waals surface area contributed by atoms with E-state index in [-0.39, 0.29) is 12.6 Å². The highest BCUT2D eigenvalue weighted by Crippen LogP contribution is 2.23. The van der Waals surface area contributed by atoms with Gasteiger partial charge >= 0.3 is 5.97 Å². The number of morpholine rings is 1. The summed E-state index contributed by atoms with van der Waals surface area (Å²) in [5.41, 5.74) is 1.01. The zero-order valence-corrected chi connectivity index (χ0v) is 10.0. The number of carboxylic acids is 1. The van der Waals surface area contributed by atoms with Crippen molar-refractivity contribution in [3.05, 3.63) is 18.0 Å². The van der Waals surface area contributed by atoms with Crippen LogP contribution >= 0.6 is 0 Å². The molecule has 0 spiro atoms. The summed E-state index contributed by atoms with van der Waals surface area (Å²) in [6.07, 6.45) is 1.72. The van der Waals surface area contributed by atoms with Gasteiger partial charge in [-0.25, -0.2) is 0 Å². The van der Waals surface area contributed by atoms with Gasteiger partial charge in [-0.05, 0) is 13.0 Å². The van der Waals surface area contributed by atoms with Crippen LogP contribution in [0.5, 0.6) is 0 Å². The van der Waals surface area contributed by atoms with Crippen LogP contribution in [0.4, 0.5) is 0 Å². The molecule has 0 aliphatic carbocycles. The number of hydrogen-bond acceptors (Lipinski definition) is 4. The Morgan fingerprint density at radius 3 is 3.06 bits per heavy atom. The fourth-order valence-corrected chi connectivity index (χ4v) is 2.26. The predicted molar refractivity (Wildman–Crippen MR) is 60.6 cm³/mol. The molecule has 0 radical (unpaired) electrons. The molecule has 2 atom stereocenters. The number of aryl methyl sites for hydroxylation is 1. The molecule has 6 heteroatoms. The van der Waals surface area contributed by atoms with E-state index in [9.17, 15) is 9.90 Å². The largest absolute Gasteiger partial charge is 0.480 e. The number of ether oxygens (including phenoxy) is 1. The maximum atomic E-state index is 11.2. The summed E-state index contributed by atoms with van der Waals surface area (Å²) >= 11 is 0. The predicted octanol–water partition coefficient (Wildman–Crippen LogP) is 0.266. The summed E-state index contributed by atoms with van der Waals surface area (Å²) in [7, 11) is 1.86. The SMILES string of the molecule is CC(c1ccnn1C)N1CCOCC1C(=O)O. The summed E-state index contributed by atoms with van der Waals surface area (Å²) < 4.78 is 7.00. The minimum atomic E-state index is -0.835. The molecule has 1 aromatic rings. The molecule has 1 fully saturated rings. The fourth-order valence-electron chi connectivity index (χ4n) is 2.26. The first-order chi connectivity index (χ1) is 8.11. The number of nitrogens with zero attached hydrogens (tertiary/aromatic N) is 3. The average Bonchev–Trinajstić information content (AvgIpc) is 2.74. The molecule has 0 bridgehead atoms. The number of carbonyl (C=O) groups is 1. The van der Waals surface area contributed by atoms with Gasteiger partial charge in [-0.15, -0.1) is 0 Å². The van der Waals surface area contributed by atoms with E-state index in [4.69, 9.17) is 4.74 Å². The van der Waals surface area contributed by atoms with Gasteiger partial charge in [-0.2, -0.15) is 5.10 Å². The Balaban J connectivity index is 2.19. The number of aromatic nitrogens is 2. The van der Waals surface area contributed by atoms with E-state index in [0.717, 1.165) is 5.69 Å². The molecule has 2 unspecified atom stereocenters. The van der Waals surface area contributed by atoms with Gasteiger partial charge in [0.15, 0.2) is 0 Å². The number of hydrogen-bond donors (Lipinski definition) is 1. The molecule has 94 valence electrons. The lowest BCUT2D eigenvalue weighted by molar-refractivity contribution is -0.151. The van der Waals surface area contributed by atoms with E-state index in [1.165, 1.54) is 0 Å². The lowest BCUT2D eigenvalue weighted by Crippen LogP contribution is -2.51. The monoisotopic (exact) mass is 239 g/mol. The first-order valence-corrected chi connectivity index (χ1v) is 5.65. The summed E-state index contributed by atoms with van der Waals surface area (Å²) in [6.45, 7) is 3.45. The van der Waals surface area contributed by atoms with Crippen molar-refractivity contribution in [1.29, 1.82) is 0 Å². The number of carboxylic acid groups (broad SMARTS) is 1. The van der Waals surface area contributed by atoms with Crippen molar-refractivity contribution in [2.45, 2.75) is 19.0 Å². The molecule has 1 aliphatic rings. The normalized spacial score (nSPS) is 23.5.